The number of rotatable bonds is 6. The molecule has 3 heteroatoms. The molecule has 0 amide bonds. The number of ether oxygens (including phenoxy) is 2. The van der Waals surface area contributed by atoms with E-state index in [9.17, 15) is 4.79 Å². The molecular formula is C30H24O3. The van der Waals surface area contributed by atoms with Gasteiger partial charge in [-0.15, -0.1) is 0 Å². The summed E-state index contributed by atoms with van der Waals surface area (Å²) >= 11 is 0. The van der Waals surface area contributed by atoms with Crippen molar-refractivity contribution in [2.75, 3.05) is 0 Å². The molecule has 0 N–H and O–H groups in total. The van der Waals surface area contributed by atoms with Crippen LogP contribution < -0.4 is 14.9 Å². The molecule has 0 saturated carbocycles. The lowest BCUT2D eigenvalue weighted by Gasteiger charge is -2.09. The van der Waals surface area contributed by atoms with Gasteiger partial charge in [0.25, 0.3) is 0 Å². The van der Waals surface area contributed by atoms with E-state index in [1.165, 1.54) is 0 Å². The Morgan fingerprint density at radius 2 is 1.03 bits per heavy atom. The monoisotopic (exact) mass is 432 g/mol. The van der Waals surface area contributed by atoms with Crippen molar-refractivity contribution in [1.29, 1.82) is 0 Å². The van der Waals surface area contributed by atoms with Crippen LogP contribution in [0.25, 0.3) is 21.5 Å². The lowest BCUT2D eigenvalue weighted by Crippen LogP contribution is -1.98. The van der Waals surface area contributed by atoms with Crippen molar-refractivity contribution in [2.45, 2.75) is 20.1 Å². The molecule has 5 rings (SSSR count). The minimum Gasteiger partial charge on any atom is -0.489 e. The average Bonchev–Trinajstić information content (AvgIpc) is 2.96. The number of hydrogen-bond donors (Lipinski definition) is 0. The molecule has 0 saturated heterocycles. The first-order valence-electron chi connectivity index (χ1n) is 11.0. The summed E-state index contributed by atoms with van der Waals surface area (Å²) in [6.07, 6.45) is 0. The van der Waals surface area contributed by atoms with E-state index < -0.39 is 0 Å². The molecule has 0 radical (unpaired) electrons. The highest BCUT2D eigenvalue weighted by Gasteiger charge is 2.09. The van der Waals surface area contributed by atoms with E-state index in [2.05, 4.69) is 0 Å². The summed E-state index contributed by atoms with van der Waals surface area (Å²) in [5.41, 5.74) is 3.10. The van der Waals surface area contributed by atoms with Gasteiger partial charge in [-0.1, -0.05) is 66.7 Å². The van der Waals surface area contributed by atoms with E-state index >= 15 is 0 Å². The van der Waals surface area contributed by atoms with Crippen LogP contribution in [-0.4, -0.2) is 0 Å². The Morgan fingerprint density at radius 1 is 0.545 bits per heavy atom. The molecule has 0 aliphatic heterocycles. The molecule has 0 aliphatic rings. The summed E-state index contributed by atoms with van der Waals surface area (Å²) < 4.78 is 12.0. The minimum atomic E-state index is -0.0179. The highest BCUT2D eigenvalue weighted by atomic mass is 16.5. The van der Waals surface area contributed by atoms with Crippen LogP contribution >= 0.6 is 0 Å². The van der Waals surface area contributed by atoms with Crippen molar-refractivity contribution >= 4 is 21.5 Å². The maximum Gasteiger partial charge on any atom is 0.186 e. The van der Waals surface area contributed by atoms with Crippen LogP contribution in [0.2, 0.25) is 0 Å². The van der Waals surface area contributed by atoms with Crippen molar-refractivity contribution in [2.24, 2.45) is 0 Å². The fourth-order valence-electron chi connectivity index (χ4n) is 4.06. The molecular weight excluding hydrogens is 408 g/mol. The maximum absolute atomic E-state index is 13.0. The Bertz CT molecular complexity index is 1480. The van der Waals surface area contributed by atoms with Gasteiger partial charge in [0.2, 0.25) is 0 Å². The molecule has 3 nitrogen and oxygen atoms in total. The Balaban J connectivity index is 1.50. The topological polar surface area (TPSA) is 35.5 Å². The van der Waals surface area contributed by atoms with Gasteiger partial charge in [0.15, 0.2) is 5.43 Å². The maximum atomic E-state index is 13.0. The van der Waals surface area contributed by atoms with Crippen LogP contribution in [-0.2, 0) is 13.2 Å². The summed E-state index contributed by atoms with van der Waals surface area (Å²) in [5.74, 6) is 1.47. The van der Waals surface area contributed by atoms with Crippen LogP contribution in [0.15, 0.2) is 108 Å². The van der Waals surface area contributed by atoms with Crippen molar-refractivity contribution in [3.05, 3.63) is 130 Å². The smallest absolute Gasteiger partial charge is 0.186 e. The Kier molecular flexibility index (Phi) is 5.77. The second kappa shape index (κ2) is 9.17. The van der Waals surface area contributed by atoms with Crippen molar-refractivity contribution in [1.82, 2.24) is 0 Å². The number of benzene rings is 4. The van der Waals surface area contributed by atoms with E-state index in [1.54, 1.807) is 6.07 Å². The van der Waals surface area contributed by atoms with Crippen molar-refractivity contribution in [3.63, 3.8) is 0 Å². The highest BCUT2D eigenvalue weighted by Crippen LogP contribution is 2.30. The van der Waals surface area contributed by atoms with Gasteiger partial charge in [-0.3, -0.25) is 4.79 Å². The first kappa shape index (κ1) is 20.8. The fraction of sp³-hybridized carbons (Fsp3) is 0.100. The second-order valence-electron chi connectivity index (χ2n) is 8.15. The molecule has 5 aromatic rings. The molecule has 5 aromatic carbocycles. The molecule has 0 atom stereocenters. The van der Waals surface area contributed by atoms with Gasteiger partial charge in [0.05, 0.1) is 0 Å². The fourth-order valence-corrected chi connectivity index (χ4v) is 4.06. The molecule has 0 fully saturated rings. The summed E-state index contributed by atoms with van der Waals surface area (Å²) in [5, 5.41) is 3.58. The number of aryl methyl sites for hydroxylation is 1. The minimum absolute atomic E-state index is 0.0179. The number of hydrogen-bond acceptors (Lipinski definition) is 3. The SMILES string of the molecule is Cc1cc(=O)c2cc(OCc3ccccc3)ccc2c2ccc(OCc3ccccc3)cc12. The Morgan fingerprint density at radius 3 is 1.58 bits per heavy atom. The van der Waals surface area contributed by atoms with Gasteiger partial charge < -0.3 is 9.47 Å². The highest BCUT2D eigenvalue weighted by molar-refractivity contribution is 6.07. The number of fused-ring (bicyclic) bond motifs is 3. The Labute approximate surface area is 192 Å². The lowest BCUT2D eigenvalue weighted by molar-refractivity contribution is 0.306. The lowest BCUT2D eigenvalue weighted by atomic mass is 10.0. The zero-order valence-corrected chi connectivity index (χ0v) is 18.5. The molecule has 0 unspecified atom stereocenters. The van der Waals surface area contributed by atoms with Gasteiger partial charge >= 0.3 is 0 Å². The van der Waals surface area contributed by atoms with Crippen LogP contribution in [0.1, 0.15) is 16.7 Å². The third kappa shape index (κ3) is 4.58. The quantitative estimate of drug-likeness (QED) is 0.295. The summed E-state index contributed by atoms with van der Waals surface area (Å²) in [6.45, 7) is 2.93. The van der Waals surface area contributed by atoms with Gasteiger partial charge in [-0.2, -0.15) is 0 Å². The van der Waals surface area contributed by atoms with Gasteiger partial charge in [0, 0.05) is 5.39 Å². The standard InChI is InChI=1S/C30H24O3/c1-21-16-30(31)29-18-25(33-20-23-10-6-3-7-11-23)13-15-27(29)26-14-12-24(17-28(21)26)32-19-22-8-4-2-5-9-22/h2-18H,19-20H2,1H3. The summed E-state index contributed by atoms with van der Waals surface area (Å²) in [7, 11) is 0. The van der Waals surface area contributed by atoms with E-state index in [1.807, 2.05) is 104 Å². The first-order chi connectivity index (χ1) is 16.2. The second-order valence-corrected chi connectivity index (χ2v) is 8.15. The van der Waals surface area contributed by atoms with Crippen molar-refractivity contribution < 1.29 is 9.47 Å². The summed E-state index contributed by atoms with van der Waals surface area (Å²) in [4.78, 5) is 13.0. The van der Waals surface area contributed by atoms with Gasteiger partial charge in [0.1, 0.15) is 24.7 Å². The van der Waals surface area contributed by atoms with Gasteiger partial charge in [-0.05, 0) is 76.2 Å². The normalized spacial score (nSPS) is 10.9. The Hall–Kier alpha value is -4.11. The van der Waals surface area contributed by atoms with E-state index in [0.29, 0.717) is 24.3 Å². The van der Waals surface area contributed by atoms with Crippen LogP contribution in [0.4, 0.5) is 0 Å². The first-order valence-corrected chi connectivity index (χ1v) is 11.0. The van der Waals surface area contributed by atoms with Gasteiger partial charge in [-0.25, -0.2) is 0 Å². The third-order valence-electron chi connectivity index (χ3n) is 5.81. The molecule has 0 aliphatic carbocycles. The predicted octanol–water partition coefficient (Wildman–Crippen LogP) is 6.82. The molecule has 0 heterocycles. The zero-order valence-electron chi connectivity index (χ0n) is 18.5. The molecule has 0 bridgehead atoms. The predicted molar refractivity (Wildman–Crippen MR) is 134 cm³/mol. The molecule has 162 valence electrons. The summed E-state index contributed by atoms with van der Waals surface area (Å²) in [6, 6.07) is 33.6. The largest absolute Gasteiger partial charge is 0.489 e. The molecule has 0 aromatic heterocycles. The van der Waals surface area contributed by atoms with Crippen molar-refractivity contribution in [3.8, 4) is 11.5 Å². The molecule has 0 spiro atoms. The third-order valence-corrected chi connectivity index (χ3v) is 5.81. The van der Waals surface area contributed by atoms with Crippen LogP contribution in [0.5, 0.6) is 11.5 Å². The zero-order chi connectivity index (χ0) is 22.6. The average molecular weight is 433 g/mol. The molecule has 33 heavy (non-hydrogen) atoms. The van der Waals surface area contributed by atoms with E-state index in [0.717, 1.165) is 38.6 Å². The van der Waals surface area contributed by atoms with Crippen LogP contribution in [0, 0.1) is 6.92 Å². The van der Waals surface area contributed by atoms with E-state index in [4.69, 9.17) is 9.47 Å². The van der Waals surface area contributed by atoms with E-state index in [-0.39, 0.29) is 5.43 Å². The van der Waals surface area contributed by atoms with Crippen LogP contribution in [0.3, 0.4) is 0 Å².